The molecule has 2 rings (SSSR count). The number of hydrogen-bond acceptors (Lipinski definition) is 5. The molecule has 0 aliphatic heterocycles. The van der Waals surface area contributed by atoms with Crippen LogP contribution < -0.4 is 14.9 Å². The number of ether oxygens (including phenoxy) is 2. The van der Waals surface area contributed by atoms with Gasteiger partial charge in [0.2, 0.25) is 5.91 Å². The van der Waals surface area contributed by atoms with Crippen LogP contribution in [0.1, 0.15) is 11.1 Å². The standard InChI is InChI=1S/C17H18N2O4/c1-22-15-7-4-8-16(23-2)14(15)11-18-19-17(21)10-12-5-3-6-13(20)9-12/h3-9,11,20H,10H2,1-2H3,(H,19,21). The molecular weight excluding hydrogens is 296 g/mol. The molecule has 0 spiro atoms. The van der Waals surface area contributed by atoms with E-state index in [1.807, 2.05) is 0 Å². The van der Waals surface area contributed by atoms with Gasteiger partial charge in [-0.1, -0.05) is 18.2 Å². The number of carbonyl (C=O) groups is 1. The predicted octanol–water partition coefficient (Wildman–Crippen LogP) is 2.10. The van der Waals surface area contributed by atoms with Gasteiger partial charge in [0.1, 0.15) is 17.2 Å². The number of benzene rings is 2. The van der Waals surface area contributed by atoms with Crippen molar-refractivity contribution in [2.45, 2.75) is 6.42 Å². The van der Waals surface area contributed by atoms with Gasteiger partial charge in [-0.3, -0.25) is 4.79 Å². The first-order valence-electron chi connectivity index (χ1n) is 6.95. The van der Waals surface area contributed by atoms with Gasteiger partial charge in [0, 0.05) is 0 Å². The molecule has 0 saturated heterocycles. The van der Waals surface area contributed by atoms with Gasteiger partial charge in [-0.05, 0) is 29.8 Å². The van der Waals surface area contributed by atoms with Crippen LogP contribution in [0.3, 0.4) is 0 Å². The lowest BCUT2D eigenvalue weighted by Crippen LogP contribution is -2.19. The summed E-state index contributed by atoms with van der Waals surface area (Å²) in [5, 5.41) is 13.3. The molecular formula is C17H18N2O4. The van der Waals surface area contributed by atoms with E-state index in [1.54, 1.807) is 50.6 Å². The minimum atomic E-state index is -0.291. The fourth-order valence-electron chi connectivity index (χ4n) is 2.07. The molecule has 0 aliphatic rings. The van der Waals surface area contributed by atoms with E-state index in [-0.39, 0.29) is 18.1 Å². The third-order valence-corrected chi connectivity index (χ3v) is 3.12. The van der Waals surface area contributed by atoms with Crippen LogP contribution in [-0.2, 0) is 11.2 Å². The van der Waals surface area contributed by atoms with E-state index >= 15 is 0 Å². The molecule has 0 aliphatic carbocycles. The smallest absolute Gasteiger partial charge is 0.244 e. The van der Waals surface area contributed by atoms with Gasteiger partial charge in [-0.25, -0.2) is 5.43 Å². The maximum absolute atomic E-state index is 11.9. The Balaban J connectivity index is 2.03. The highest BCUT2D eigenvalue weighted by Gasteiger charge is 2.07. The van der Waals surface area contributed by atoms with E-state index in [1.165, 1.54) is 12.3 Å². The molecule has 2 N–H and O–H groups in total. The predicted molar refractivity (Wildman–Crippen MR) is 87.1 cm³/mol. The third-order valence-electron chi connectivity index (χ3n) is 3.12. The number of hydrogen-bond donors (Lipinski definition) is 2. The summed E-state index contributed by atoms with van der Waals surface area (Å²) in [5.41, 5.74) is 3.78. The van der Waals surface area contributed by atoms with Gasteiger partial charge in [0.15, 0.2) is 0 Å². The number of amides is 1. The second-order valence-corrected chi connectivity index (χ2v) is 4.72. The Bertz CT molecular complexity index is 691. The van der Waals surface area contributed by atoms with Crippen LogP contribution in [0.25, 0.3) is 0 Å². The lowest BCUT2D eigenvalue weighted by Gasteiger charge is -2.09. The Morgan fingerprint density at radius 1 is 1.17 bits per heavy atom. The summed E-state index contributed by atoms with van der Waals surface area (Å²) >= 11 is 0. The number of hydrazone groups is 1. The van der Waals surface area contributed by atoms with Crippen molar-refractivity contribution in [3.05, 3.63) is 53.6 Å². The maximum atomic E-state index is 11.9. The summed E-state index contributed by atoms with van der Waals surface area (Å²) in [7, 11) is 3.10. The summed E-state index contributed by atoms with van der Waals surface area (Å²) < 4.78 is 10.5. The van der Waals surface area contributed by atoms with Crippen molar-refractivity contribution in [2.75, 3.05) is 14.2 Å². The van der Waals surface area contributed by atoms with Crippen molar-refractivity contribution < 1.29 is 19.4 Å². The second kappa shape index (κ2) is 7.84. The first-order valence-corrected chi connectivity index (χ1v) is 6.95. The van der Waals surface area contributed by atoms with Crippen LogP contribution in [0.5, 0.6) is 17.2 Å². The molecule has 0 atom stereocenters. The summed E-state index contributed by atoms with van der Waals surface area (Å²) in [6, 6.07) is 11.9. The second-order valence-electron chi connectivity index (χ2n) is 4.72. The lowest BCUT2D eigenvalue weighted by molar-refractivity contribution is -0.120. The molecule has 0 bridgehead atoms. The van der Waals surface area contributed by atoms with Crippen molar-refractivity contribution in [2.24, 2.45) is 5.10 Å². The van der Waals surface area contributed by atoms with E-state index in [0.717, 1.165) is 0 Å². The number of nitrogens with zero attached hydrogens (tertiary/aromatic N) is 1. The summed E-state index contributed by atoms with van der Waals surface area (Å²) in [6.07, 6.45) is 1.59. The molecule has 0 saturated carbocycles. The minimum Gasteiger partial charge on any atom is -0.508 e. The number of rotatable bonds is 6. The summed E-state index contributed by atoms with van der Waals surface area (Å²) in [6.45, 7) is 0. The van der Waals surface area contributed by atoms with Crippen molar-refractivity contribution in [1.82, 2.24) is 5.43 Å². The minimum absolute atomic E-state index is 0.120. The van der Waals surface area contributed by atoms with Gasteiger partial charge in [-0.2, -0.15) is 5.10 Å². The number of phenols is 1. The zero-order valence-electron chi connectivity index (χ0n) is 12.9. The molecule has 120 valence electrons. The average molecular weight is 314 g/mol. The van der Waals surface area contributed by atoms with E-state index in [4.69, 9.17) is 9.47 Å². The Kier molecular flexibility index (Phi) is 5.57. The fraction of sp³-hybridized carbons (Fsp3) is 0.176. The number of nitrogens with one attached hydrogen (secondary N) is 1. The number of carbonyl (C=O) groups excluding carboxylic acids is 1. The molecule has 6 nitrogen and oxygen atoms in total. The molecule has 0 unspecified atom stereocenters. The first kappa shape index (κ1) is 16.4. The van der Waals surface area contributed by atoms with Gasteiger partial charge in [-0.15, -0.1) is 0 Å². The monoisotopic (exact) mass is 314 g/mol. The summed E-state index contributed by atoms with van der Waals surface area (Å²) in [4.78, 5) is 11.9. The van der Waals surface area contributed by atoms with Crippen molar-refractivity contribution in [1.29, 1.82) is 0 Å². The van der Waals surface area contributed by atoms with Crippen LogP contribution in [0.4, 0.5) is 0 Å². The molecule has 0 radical (unpaired) electrons. The van der Waals surface area contributed by atoms with E-state index in [9.17, 15) is 9.90 Å². The highest BCUT2D eigenvalue weighted by atomic mass is 16.5. The zero-order valence-corrected chi connectivity index (χ0v) is 12.9. The molecule has 0 heterocycles. The van der Waals surface area contributed by atoms with Crippen LogP contribution in [0, 0.1) is 0 Å². The molecule has 6 heteroatoms. The van der Waals surface area contributed by atoms with E-state index in [2.05, 4.69) is 10.5 Å². The SMILES string of the molecule is COc1cccc(OC)c1C=NNC(=O)Cc1cccc(O)c1. The fourth-order valence-corrected chi connectivity index (χ4v) is 2.07. The van der Waals surface area contributed by atoms with Gasteiger partial charge >= 0.3 is 0 Å². The average Bonchev–Trinajstić information content (AvgIpc) is 2.54. The van der Waals surface area contributed by atoms with Crippen LogP contribution >= 0.6 is 0 Å². The van der Waals surface area contributed by atoms with Gasteiger partial charge in [0.25, 0.3) is 0 Å². The van der Waals surface area contributed by atoms with E-state index < -0.39 is 0 Å². The summed E-state index contributed by atoms with van der Waals surface area (Å²) in [5.74, 6) is 1.02. The maximum Gasteiger partial charge on any atom is 0.244 e. The Morgan fingerprint density at radius 3 is 2.43 bits per heavy atom. The first-order chi connectivity index (χ1) is 11.1. The molecule has 2 aromatic carbocycles. The van der Waals surface area contributed by atoms with Gasteiger partial charge in [0.05, 0.1) is 32.4 Å². The molecule has 23 heavy (non-hydrogen) atoms. The van der Waals surface area contributed by atoms with Crippen molar-refractivity contribution in [3.8, 4) is 17.2 Å². The van der Waals surface area contributed by atoms with E-state index in [0.29, 0.717) is 22.6 Å². The highest BCUT2D eigenvalue weighted by Crippen LogP contribution is 2.26. The van der Waals surface area contributed by atoms with Crippen LogP contribution in [0.2, 0.25) is 0 Å². The number of phenolic OH excluding ortho intramolecular Hbond substituents is 1. The molecule has 0 aromatic heterocycles. The topological polar surface area (TPSA) is 80.2 Å². The normalized spacial score (nSPS) is 10.5. The lowest BCUT2D eigenvalue weighted by atomic mass is 10.1. The number of aromatic hydroxyl groups is 1. The number of methoxy groups -OCH3 is 2. The Morgan fingerprint density at radius 2 is 1.83 bits per heavy atom. The Labute approximate surface area is 134 Å². The van der Waals surface area contributed by atoms with Gasteiger partial charge < -0.3 is 14.6 Å². The van der Waals surface area contributed by atoms with Crippen LogP contribution in [-0.4, -0.2) is 31.4 Å². The van der Waals surface area contributed by atoms with Crippen molar-refractivity contribution >= 4 is 12.1 Å². The van der Waals surface area contributed by atoms with Crippen molar-refractivity contribution in [3.63, 3.8) is 0 Å². The largest absolute Gasteiger partial charge is 0.508 e. The molecule has 1 amide bonds. The quantitative estimate of drug-likeness (QED) is 0.632. The van der Waals surface area contributed by atoms with Crippen LogP contribution in [0.15, 0.2) is 47.6 Å². The zero-order chi connectivity index (χ0) is 16.7. The highest BCUT2D eigenvalue weighted by molar-refractivity contribution is 5.88. The molecule has 0 fully saturated rings. The third kappa shape index (κ3) is 4.47. The molecule has 2 aromatic rings. The Hall–Kier alpha value is -3.02.